The van der Waals surface area contributed by atoms with E-state index in [0.717, 1.165) is 6.92 Å². The second-order valence-electron chi connectivity index (χ2n) is 15.2. The van der Waals surface area contributed by atoms with E-state index in [9.17, 15) is 94.4 Å². The molecule has 25 atom stereocenters. The first-order valence-electron chi connectivity index (χ1n) is 19.3. The Bertz CT molecular complexity index is 1570. The Morgan fingerprint density at radius 2 is 0.937 bits per heavy atom. The average Bonchev–Trinajstić information content (AvgIpc) is 3.23. The van der Waals surface area contributed by atoms with E-state index in [1.54, 1.807) is 0 Å². The molecule has 63 heavy (non-hydrogen) atoms. The molecule has 5 aliphatic heterocycles. The monoisotopic (exact) mass is 949 g/mol. The number of ether oxygens (including phenoxy) is 9. The Hall–Kier alpha value is -1.62. The van der Waals surface area contributed by atoms with Crippen LogP contribution in [-0.2, 0) is 62.0 Å². The van der Waals surface area contributed by atoms with Crippen molar-refractivity contribution < 1.29 is 141 Å². The van der Waals surface area contributed by atoms with Gasteiger partial charge in [-0.05, 0) is 0 Å². The molecule has 17 N–H and O–H groups in total. The van der Waals surface area contributed by atoms with Gasteiger partial charge in [-0.1, -0.05) is 0 Å². The highest BCUT2D eigenvalue weighted by molar-refractivity contribution is 7.80. The van der Waals surface area contributed by atoms with Gasteiger partial charge in [0.15, 0.2) is 31.5 Å². The van der Waals surface area contributed by atoms with Crippen LogP contribution in [0.3, 0.4) is 0 Å². The second-order valence-corrected chi connectivity index (χ2v) is 16.3. The van der Waals surface area contributed by atoms with Crippen LogP contribution in [-0.4, -0.2) is 282 Å². The molecule has 368 valence electrons. The molecular formula is C32H55NO29S. The number of hydrogen-bond donors (Lipinski definition) is 17. The molecule has 1 unspecified atom stereocenters. The van der Waals surface area contributed by atoms with E-state index in [2.05, 4.69) is 9.50 Å². The fourth-order valence-corrected chi connectivity index (χ4v) is 8.08. The number of hydrogen-bond acceptors (Lipinski definition) is 28. The molecule has 5 aliphatic rings. The predicted molar refractivity (Wildman–Crippen MR) is 189 cm³/mol. The largest absolute Gasteiger partial charge is 0.397 e. The molecule has 5 saturated heterocycles. The average molecular weight is 950 g/mol. The van der Waals surface area contributed by atoms with Crippen LogP contribution in [0.25, 0.3) is 0 Å². The second kappa shape index (κ2) is 22.0. The van der Waals surface area contributed by atoms with Crippen LogP contribution in [0.5, 0.6) is 0 Å². The molecule has 31 heteroatoms. The van der Waals surface area contributed by atoms with Crippen LogP contribution in [0.2, 0.25) is 0 Å². The summed E-state index contributed by atoms with van der Waals surface area (Å²) >= 11 is 0. The van der Waals surface area contributed by atoms with Gasteiger partial charge in [0, 0.05) is 6.92 Å². The molecule has 5 fully saturated rings. The van der Waals surface area contributed by atoms with Gasteiger partial charge < -0.3 is 125 Å². The van der Waals surface area contributed by atoms with Gasteiger partial charge in [0.05, 0.1) is 33.0 Å². The topological polar surface area (TPSA) is 479 Å². The fourth-order valence-electron chi connectivity index (χ4n) is 7.57. The fraction of sp³-hybridized carbons (Fsp3) is 0.969. The Morgan fingerprint density at radius 3 is 1.48 bits per heavy atom. The van der Waals surface area contributed by atoms with E-state index in [1.807, 2.05) is 0 Å². The molecule has 0 saturated carbocycles. The van der Waals surface area contributed by atoms with Crippen molar-refractivity contribution in [2.75, 3.05) is 33.0 Å². The lowest BCUT2D eigenvalue weighted by Gasteiger charge is -2.49. The zero-order valence-electron chi connectivity index (χ0n) is 32.8. The molecule has 0 aromatic carbocycles. The number of rotatable bonds is 16. The summed E-state index contributed by atoms with van der Waals surface area (Å²) < 4.78 is 86.8. The van der Waals surface area contributed by atoms with Gasteiger partial charge in [0.25, 0.3) is 0 Å². The lowest BCUT2D eigenvalue weighted by molar-refractivity contribution is -0.382. The quantitative estimate of drug-likeness (QED) is 0.0639. The van der Waals surface area contributed by atoms with E-state index in [-0.39, 0.29) is 0 Å². The van der Waals surface area contributed by atoms with Crippen LogP contribution >= 0.6 is 0 Å². The summed E-state index contributed by atoms with van der Waals surface area (Å²) in [7, 11) is -5.40. The molecule has 0 aliphatic carbocycles. The minimum absolute atomic E-state index is 0.808. The highest BCUT2D eigenvalue weighted by Gasteiger charge is 2.56. The summed E-state index contributed by atoms with van der Waals surface area (Å²) in [5.41, 5.74) is 0. The molecule has 5 heterocycles. The van der Waals surface area contributed by atoms with Gasteiger partial charge in [0.2, 0.25) is 5.91 Å². The number of carbonyl (C=O) groups is 1. The van der Waals surface area contributed by atoms with E-state index in [0.29, 0.717) is 0 Å². The first-order chi connectivity index (χ1) is 29.6. The first kappa shape index (κ1) is 52.4. The van der Waals surface area contributed by atoms with E-state index < -0.39 is 203 Å². The maximum absolute atomic E-state index is 12.3. The van der Waals surface area contributed by atoms with E-state index in [1.165, 1.54) is 0 Å². The lowest BCUT2D eigenvalue weighted by atomic mass is 9.95. The van der Waals surface area contributed by atoms with Gasteiger partial charge >= 0.3 is 10.4 Å². The first-order valence-corrected chi connectivity index (χ1v) is 20.6. The Labute approximate surface area is 356 Å². The van der Waals surface area contributed by atoms with Gasteiger partial charge in [0.1, 0.15) is 122 Å². The third-order valence-corrected chi connectivity index (χ3v) is 11.4. The van der Waals surface area contributed by atoms with Crippen molar-refractivity contribution in [1.29, 1.82) is 0 Å². The third-order valence-electron chi connectivity index (χ3n) is 10.9. The molecule has 0 bridgehead atoms. The third kappa shape index (κ3) is 11.7. The van der Waals surface area contributed by atoms with Gasteiger partial charge in [-0.2, -0.15) is 8.42 Å². The summed E-state index contributed by atoms with van der Waals surface area (Å²) in [5, 5.41) is 160. The normalized spacial score (nSPS) is 48.7. The van der Waals surface area contributed by atoms with Gasteiger partial charge in [-0.25, -0.2) is 4.18 Å². The van der Waals surface area contributed by atoms with Gasteiger partial charge in [-0.3, -0.25) is 9.35 Å². The highest BCUT2D eigenvalue weighted by Crippen LogP contribution is 2.35. The summed E-state index contributed by atoms with van der Waals surface area (Å²) in [6, 6.07) is -1.66. The van der Waals surface area contributed by atoms with Crippen molar-refractivity contribution in [2.24, 2.45) is 0 Å². The number of amides is 1. The Morgan fingerprint density at radius 1 is 0.492 bits per heavy atom. The predicted octanol–water partition coefficient (Wildman–Crippen LogP) is -12.0. The van der Waals surface area contributed by atoms with E-state index >= 15 is 0 Å². The van der Waals surface area contributed by atoms with Crippen LogP contribution in [0.4, 0.5) is 0 Å². The van der Waals surface area contributed by atoms with Crippen LogP contribution in [0.15, 0.2) is 0 Å². The minimum atomic E-state index is -5.40. The van der Waals surface area contributed by atoms with Crippen molar-refractivity contribution in [3.05, 3.63) is 0 Å². The minimum Gasteiger partial charge on any atom is -0.394 e. The number of nitrogens with one attached hydrogen (secondary N) is 1. The SMILES string of the molecule is CC(=O)N[C@H]1[C@H](OC[C@H]2O[C@@H](O[C@H]3[C@H](O)[C@@H](O)C(O)O[C@@H]3CO)[C@H](O)[C@@H](O[C@@H]3O[C@H](CO)[C@H](O)[C@H](OS(=O)(=O)O)[C@H]3O)[C@H]2O)O[C@H](CO)[C@@H](O[C@@H]2O[C@H](CO)[C@H](O)[C@H](O)[C@H]2O)[C@@H]1O. The number of aliphatic hydroxyl groups excluding tert-OH is 15. The van der Waals surface area contributed by atoms with Gasteiger partial charge in [-0.15, -0.1) is 0 Å². The molecule has 0 aromatic heterocycles. The van der Waals surface area contributed by atoms with Crippen molar-refractivity contribution in [2.45, 2.75) is 160 Å². The zero-order valence-corrected chi connectivity index (χ0v) is 33.7. The number of aliphatic hydroxyl groups is 15. The smallest absolute Gasteiger partial charge is 0.394 e. The van der Waals surface area contributed by atoms with Crippen molar-refractivity contribution in [3.63, 3.8) is 0 Å². The van der Waals surface area contributed by atoms with Crippen molar-refractivity contribution in [1.82, 2.24) is 5.32 Å². The number of carbonyl (C=O) groups excluding carboxylic acids is 1. The van der Waals surface area contributed by atoms with Crippen molar-refractivity contribution >= 4 is 16.3 Å². The van der Waals surface area contributed by atoms with Crippen LogP contribution < -0.4 is 5.32 Å². The van der Waals surface area contributed by atoms with Crippen LogP contribution in [0, 0.1) is 0 Å². The summed E-state index contributed by atoms with van der Waals surface area (Å²) in [6.07, 6.45) is -47.1. The summed E-state index contributed by atoms with van der Waals surface area (Å²) in [5.74, 6) is -0.808. The molecule has 0 aromatic rings. The maximum Gasteiger partial charge on any atom is 0.397 e. The molecule has 0 spiro atoms. The van der Waals surface area contributed by atoms with Crippen molar-refractivity contribution in [3.8, 4) is 0 Å². The van der Waals surface area contributed by atoms with Crippen LogP contribution in [0.1, 0.15) is 6.92 Å². The maximum atomic E-state index is 12.3. The molecule has 30 nitrogen and oxygen atoms in total. The standard InChI is InChI=1S/C32H55NO29S/c1-7(38)33-13-17(42)24(59-30-21(46)18(43)14(39)8(2-34)55-30)11(5-37)57-29(13)53-6-12-16(41)26(61-32-23(48)27(62-63(50,51)52)15(40)9(3-35)56-32)22(47)31(58-12)60-25-10(4-36)54-28(49)20(45)19(25)44/h8-32,34-37,39-49H,2-6H2,1H3,(H,33,38)(H,50,51,52)/t8-,9-,10-,11-,12-,13-,14+,15+,16+,17-,18+,19-,20-,21-,22-,23-,24-,25-,26+,27+,28?,29-,30+,31+,32+/m1/s1. The lowest BCUT2D eigenvalue weighted by Crippen LogP contribution is -2.68. The summed E-state index contributed by atoms with van der Waals surface area (Å²) in [6.45, 7) is -3.79. The van der Waals surface area contributed by atoms with E-state index in [4.69, 9.17) is 42.6 Å². The molecule has 5 rings (SSSR count). The Balaban J connectivity index is 1.41. The summed E-state index contributed by atoms with van der Waals surface area (Å²) in [4.78, 5) is 12.3. The zero-order chi connectivity index (χ0) is 46.8. The molecule has 1 amide bonds. The Kier molecular flexibility index (Phi) is 18.3. The molecule has 0 radical (unpaired) electrons. The molecular weight excluding hydrogens is 894 g/mol. The highest BCUT2D eigenvalue weighted by atomic mass is 32.3.